The number of benzene rings is 1. The van der Waals surface area contributed by atoms with Gasteiger partial charge in [-0.25, -0.2) is 0 Å². The number of nitrogens with one attached hydrogen (secondary N) is 3. The standard InChI is InChI=1S/C16H21N3O2/c1-9-6-7-11(8-10(9)2)17-13-5-3-4-12-14(13)16(21)19-18-15(12)20/h3-5,9-11,17H,6-8H2,1-2H3,(H,18,20)(H,19,21). The Bertz CT molecular complexity index is 762. The van der Waals surface area contributed by atoms with E-state index in [-0.39, 0.29) is 11.1 Å². The Balaban J connectivity index is 1.97. The largest absolute Gasteiger partial charge is 0.382 e. The molecule has 5 heteroatoms. The molecular weight excluding hydrogens is 266 g/mol. The summed E-state index contributed by atoms with van der Waals surface area (Å²) in [7, 11) is 0. The second-order valence-corrected chi connectivity index (χ2v) is 6.25. The summed E-state index contributed by atoms with van der Waals surface area (Å²) in [4.78, 5) is 23.9. The van der Waals surface area contributed by atoms with E-state index in [1.165, 1.54) is 6.42 Å². The van der Waals surface area contributed by atoms with Gasteiger partial charge in [0.15, 0.2) is 0 Å². The predicted molar refractivity (Wildman–Crippen MR) is 84.8 cm³/mol. The molecule has 112 valence electrons. The van der Waals surface area contributed by atoms with Gasteiger partial charge in [0.1, 0.15) is 0 Å². The van der Waals surface area contributed by atoms with E-state index in [1.807, 2.05) is 12.1 Å². The average Bonchev–Trinajstić information content (AvgIpc) is 2.47. The first-order valence-corrected chi connectivity index (χ1v) is 7.56. The highest BCUT2D eigenvalue weighted by Crippen LogP contribution is 2.31. The fourth-order valence-electron chi connectivity index (χ4n) is 3.25. The van der Waals surface area contributed by atoms with Crippen LogP contribution in [0, 0.1) is 11.8 Å². The summed E-state index contributed by atoms with van der Waals surface area (Å²) >= 11 is 0. The van der Waals surface area contributed by atoms with Crippen molar-refractivity contribution in [1.29, 1.82) is 0 Å². The van der Waals surface area contributed by atoms with Crippen molar-refractivity contribution in [1.82, 2.24) is 10.2 Å². The lowest BCUT2D eigenvalue weighted by molar-refractivity contribution is 0.261. The lowest BCUT2D eigenvalue weighted by Gasteiger charge is -2.33. The molecule has 3 N–H and O–H groups in total. The fourth-order valence-corrected chi connectivity index (χ4v) is 3.25. The molecule has 1 aromatic heterocycles. The van der Waals surface area contributed by atoms with Crippen LogP contribution in [0.2, 0.25) is 0 Å². The Morgan fingerprint density at radius 2 is 1.81 bits per heavy atom. The van der Waals surface area contributed by atoms with Gasteiger partial charge in [-0.2, -0.15) is 0 Å². The molecule has 0 bridgehead atoms. The van der Waals surface area contributed by atoms with E-state index < -0.39 is 0 Å². The average molecular weight is 287 g/mol. The maximum atomic E-state index is 12.0. The first kappa shape index (κ1) is 13.9. The van der Waals surface area contributed by atoms with Gasteiger partial charge in [0.25, 0.3) is 11.1 Å². The molecule has 0 spiro atoms. The number of hydrogen-bond donors (Lipinski definition) is 3. The summed E-state index contributed by atoms with van der Waals surface area (Å²) in [6.07, 6.45) is 3.39. The molecule has 1 aromatic carbocycles. The van der Waals surface area contributed by atoms with Gasteiger partial charge >= 0.3 is 0 Å². The molecular formula is C16H21N3O2. The van der Waals surface area contributed by atoms with Crippen molar-refractivity contribution in [2.75, 3.05) is 5.32 Å². The Hall–Kier alpha value is -2.04. The lowest BCUT2D eigenvalue weighted by Crippen LogP contribution is -2.31. The van der Waals surface area contributed by atoms with Crippen LogP contribution in [0.1, 0.15) is 33.1 Å². The van der Waals surface area contributed by atoms with Crippen LogP contribution in [-0.2, 0) is 0 Å². The van der Waals surface area contributed by atoms with E-state index in [1.54, 1.807) is 6.07 Å². The number of H-pyrrole nitrogens is 2. The van der Waals surface area contributed by atoms with Crippen LogP contribution in [0.15, 0.2) is 27.8 Å². The first-order valence-electron chi connectivity index (χ1n) is 7.56. The number of aromatic nitrogens is 2. The molecule has 0 radical (unpaired) electrons. The topological polar surface area (TPSA) is 77.8 Å². The molecule has 1 heterocycles. The Labute approximate surface area is 122 Å². The second kappa shape index (κ2) is 5.39. The summed E-state index contributed by atoms with van der Waals surface area (Å²) in [6, 6.07) is 5.73. The number of rotatable bonds is 2. The summed E-state index contributed by atoms with van der Waals surface area (Å²) < 4.78 is 0. The quantitative estimate of drug-likeness (QED) is 0.794. The third-order valence-electron chi connectivity index (χ3n) is 4.78. The Morgan fingerprint density at radius 1 is 1.05 bits per heavy atom. The van der Waals surface area contributed by atoms with Crippen LogP contribution in [-0.4, -0.2) is 16.2 Å². The fraction of sp³-hybridized carbons (Fsp3) is 0.500. The molecule has 2 aromatic rings. The minimum atomic E-state index is -0.265. The molecule has 1 aliphatic carbocycles. The number of anilines is 1. The van der Waals surface area contributed by atoms with Gasteiger partial charge in [0.05, 0.1) is 10.8 Å². The van der Waals surface area contributed by atoms with Crippen molar-refractivity contribution < 1.29 is 0 Å². The van der Waals surface area contributed by atoms with Crippen molar-refractivity contribution in [2.45, 2.75) is 39.2 Å². The molecule has 0 amide bonds. The molecule has 3 rings (SSSR count). The minimum Gasteiger partial charge on any atom is -0.382 e. The summed E-state index contributed by atoms with van der Waals surface area (Å²) in [5.74, 6) is 1.43. The molecule has 0 saturated heterocycles. The second-order valence-electron chi connectivity index (χ2n) is 6.25. The van der Waals surface area contributed by atoms with Crippen molar-refractivity contribution in [2.24, 2.45) is 11.8 Å². The highest BCUT2D eigenvalue weighted by molar-refractivity contribution is 5.92. The van der Waals surface area contributed by atoms with Gasteiger partial charge in [0, 0.05) is 11.7 Å². The Kier molecular flexibility index (Phi) is 3.57. The van der Waals surface area contributed by atoms with Crippen molar-refractivity contribution >= 4 is 16.5 Å². The predicted octanol–water partition coefficient (Wildman–Crippen LogP) is 2.45. The zero-order chi connectivity index (χ0) is 15.0. The lowest BCUT2D eigenvalue weighted by atomic mass is 9.79. The van der Waals surface area contributed by atoms with Gasteiger partial charge in [-0.05, 0) is 43.2 Å². The molecule has 0 aliphatic heterocycles. The van der Waals surface area contributed by atoms with E-state index in [0.29, 0.717) is 22.7 Å². The molecule has 1 aliphatic rings. The molecule has 1 fully saturated rings. The van der Waals surface area contributed by atoms with Crippen LogP contribution in [0.3, 0.4) is 0 Å². The van der Waals surface area contributed by atoms with Gasteiger partial charge in [-0.15, -0.1) is 0 Å². The normalized spacial score (nSPS) is 25.9. The first-order chi connectivity index (χ1) is 10.1. The van der Waals surface area contributed by atoms with Crippen LogP contribution in [0.25, 0.3) is 10.8 Å². The monoisotopic (exact) mass is 287 g/mol. The number of fused-ring (bicyclic) bond motifs is 1. The van der Waals surface area contributed by atoms with Crippen LogP contribution in [0.5, 0.6) is 0 Å². The van der Waals surface area contributed by atoms with Gasteiger partial charge in [-0.3, -0.25) is 19.8 Å². The molecule has 3 unspecified atom stereocenters. The van der Waals surface area contributed by atoms with Gasteiger partial charge < -0.3 is 5.32 Å². The SMILES string of the molecule is CC1CCC(Nc2cccc3c(=O)[nH][nH]c(=O)c23)CC1C. The smallest absolute Gasteiger partial charge is 0.272 e. The highest BCUT2D eigenvalue weighted by Gasteiger charge is 2.24. The molecule has 5 nitrogen and oxygen atoms in total. The molecule has 1 saturated carbocycles. The number of aromatic amines is 2. The van der Waals surface area contributed by atoms with E-state index in [4.69, 9.17) is 0 Å². The van der Waals surface area contributed by atoms with E-state index in [0.717, 1.165) is 24.4 Å². The van der Waals surface area contributed by atoms with Crippen LogP contribution < -0.4 is 16.4 Å². The number of hydrogen-bond acceptors (Lipinski definition) is 3. The highest BCUT2D eigenvalue weighted by atomic mass is 16.1. The minimum absolute atomic E-state index is 0.259. The summed E-state index contributed by atoms with van der Waals surface area (Å²) in [5.41, 5.74) is 0.232. The van der Waals surface area contributed by atoms with Crippen molar-refractivity contribution in [3.8, 4) is 0 Å². The Morgan fingerprint density at radius 3 is 2.57 bits per heavy atom. The summed E-state index contributed by atoms with van der Waals surface area (Å²) in [5, 5.41) is 9.12. The third kappa shape index (κ3) is 2.60. The van der Waals surface area contributed by atoms with Gasteiger partial charge in [0.2, 0.25) is 0 Å². The van der Waals surface area contributed by atoms with Gasteiger partial charge in [-0.1, -0.05) is 19.9 Å². The van der Waals surface area contributed by atoms with Crippen LogP contribution >= 0.6 is 0 Å². The molecule has 21 heavy (non-hydrogen) atoms. The summed E-state index contributed by atoms with van der Waals surface area (Å²) in [6.45, 7) is 4.57. The maximum Gasteiger partial charge on any atom is 0.272 e. The van der Waals surface area contributed by atoms with E-state index in [9.17, 15) is 9.59 Å². The van der Waals surface area contributed by atoms with E-state index in [2.05, 4.69) is 29.4 Å². The van der Waals surface area contributed by atoms with E-state index >= 15 is 0 Å². The van der Waals surface area contributed by atoms with Crippen molar-refractivity contribution in [3.05, 3.63) is 38.9 Å². The molecule has 3 atom stereocenters. The maximum absolute atomic E-state index is 12.0. The van der Waals surface area contributed by atoms with Crippen LogP contribution in [0.4, 0.5) is 5.69 Å². The third-order valence-corrected chi connectivity index (χ3v) is 4.78. The zero-order valence-corrected chi connectivity index (χ0v) is 12.4. The van der Waals surface area contributed by atoms with Crippen molar-refractivity contribution in [3.63, 3.8) is 0 Å². The zero-order valence-electron chi connectivity index (χ0n) is 12.4.